The van der Waals surface area contributed by atoms with Crippen LogP contribution in [0, 0.1) is 13.8 Å². The maximum atomic E-state index is 10.5. The molecule has 0 saturated heterocycles. The van der Waals surface area contributed by atoms with Crippen LogP contribution in [-0.2, 0) is 0 Å². The number of nitrogens with zero attached hydrogens (tertiary/aromatic N) is 2. The summed E-state index contributed by atoms with van der Waals surface area (Å²) < 4.78 is 6.37. The summed E-state index contributed by atoms with van der Waals surface area (Å²) in [6.07, 6.45) is 1.58. The Morgan fingerprint density at radius 2 is 1.83 bits per heavy atom. The molecule has 0 spiro atoms. The summed E-state index contributed by atoms with van der Waals surface area (Å²) in [5.41, 5.74) is 4.55. The lowest BCUT2D eigenvalue weighted by atomic mass is 10.0. The lowest BCUT2D eigenvalue weighted by Crippen LogP contribution is -1.94. The zero-order valence-corrected chi connectivity index (χ0v) is 19.7. The summed E-state index contributed by atoms with van der Waals surface area (Å²) in [6.45, 7) is 3.67. The fraction of sp³-hybridized carbons (Fsp3) is 0.0909. The Bertz CT molecular complexity index is 1300. The van der Waals surface area contributed by atoms with Gasteiger partial charge in [0.25, 0.3) is 0 Å². The maximum Gasteiger partial charge on any atom is 0.228 e. The van der Waals surface area contributed by atoms with E-state index >= 15 is 0 Å². The molecule has 4 nitrogen and oxygen atoms in total. The van der Waals surface area contributed by atoms with Gasteiger partial charge in [0, 0.05) is 16.8 Å². The minimum atomic E-state index is 0.0959. The normalized spacial score (nSPS) is 11.7. The Labute approximate surface area is 196 Å². The summed E-state index contributed by atoms with van der Waals surface area (Å²) in [6, 6.07) is 10.6. The summed E-state index contributed by atoms with van der Waals surface area (Å²) >= 11 is 22.1. The maximum absolute atomic E-state index is 10.5. The highest BCUT2D eigenvalue weighted by atomic mass is 79.9. The number of phenols is 1. The fourth-order valence-corrected chi connectivity index (χ4v) is 4.15. The van der Waals surface area contributed by atoms with Gasteiger partial charge in [-0.2, -0.15) is 0 Å². The van der Waals surface area contributed by atoms with Crippen molar-refractivity contribution in [3.8, 4) is 17.2 Å². The molecule has 4 rings (SSSR count). The average molecular weight is 525 g/mol. The number of fused-ring (bicyclic) bond motifs is 1. The quantitative estimate of drug-likeness (QED) is 0.274. The number of benzene rings is 3. The predicted octanol–water partition coefficient (Wildman–Crippen LogP) is 8.29. The van der Waals surface area contributed by atoms with Gasteiger partial charge in [-0.1, -0.05) is 40.9 Å². The number of aliphatic imine (C=N–C) groups is 1. The van der Waals surface area contributed by atoms with E-state index in [1.807, 2.05) is 13.8 Å². The van der Waals surface area contributed by atoms with E-state index in [-0.39, 0.29) is 5.75 Å². The third-order valence-electron chi connectivity index (χ3n) is 4.75. The van der Waals surface area contributed by atoms with Crippen molar-refractivity contribution in [3.05, 3.63) is 72.6 Å². The second kappa shape index (κ2) is 8.23. The molecule has 0 aliphatic heterocycles. The molecule has 0 atom stereocenters. The van der Waals surface area contributed by atoms with E-state index in [1.165, 1.54) is 0 Å². The average Bonchev–Trinajstić information content (AvgIpc) is 3.16. The van der Waals surface area contributed by atoms with Gasteiger partial charge in [0.1, 0.15) is 11.3 Å². The van der Waals surface area contributed by atoms with Crippen molar-refractivity contribution in [1.82, 2.24) is 4.98 Å². The molecule has 30 heavy (non-hydrogen) atoms. The molecule has 0 aliphatic rings. The van der Waals surface area contributed by atoms with E-state index in [2.05, 4.69) is 25.9 Å². The van der Waals surface area contributed by atoms with Gasteiger partial charge in [-0.05, 0) is 71.2 Å². The highest BCUT2D eigenvalue weighted by molar-refractivity contribution is 9.10. The molecular formula is C22H14BrCl3N2O2. The van der Waals surface area contributed by atoms with Gasteiger partial charge in [0.2, 0.25) is 5.89 Å². The van der Waals surface area contributed by atoms with E-state index in [0.717, 1.165) is 11.1 Å². The first-order chi connectivity index (χ1) is 14.3. The molecule has 0 aliphatic carbocycles. The number of rotatable bonds is 3. The van der Waals surface area contributed by atoms with Crippen molar-refractivity contribution >= 4 is 73.7 Å². The fourth-order valence-electron chi connectivity index (χ4n) is 3.05. The van der Waals surface area contributed by atoms with Crippen LogP contribution in [0.25, 0.3) is 22.6 Å². The van der Waals surface area contributed by atoms with Crippen molar-refractivity contribution < 1.29 is 9.52 Å². The van der Waals surface area contributed by atoms with Crippen molar-refractivity contribution in [3.63, 3.8) is 0 Å². The van der Waals surface area contributed by atoms with Gasteiger partial charge in [0.05, 0.1) is 25.8 Å². The molecule has 1 heterocycles. The Hall–Kier alpha value is -2.05. The molecular weight excluding hydrogens is 511 g/mol. The Morgan fingerprint density at radius 3 is 2.60 bits per heavy atom. The Balaban J connectivity index is 1.73. The van der Waals surface area contributed by atoms with Gasteiger partial charge in [-0.25, -0.2) is 4.98 Å². The lowest BCUT2D eigenvalue weighted by Gasteiger charge is -2.11. The van der Waals surface area contributed by atoms with Gasteiger partial charge >= 0.3 is 0 Å². The zero-order chi connectivity index (χ0) is 21.6. The van der Waals surface area contributed by atoms with E-state index in [4.69, 9.17) is 39.2 Å². The van der Waals surface area contributed by atoms with Crippen LogP contribution in [0.4, 0.5) is 5.69 Å². The predicted molar refractivity (Wildman–Crippen MR) is 127 cm³/mol. The Morgan fingerprint density at radius 1 is 1.07 bits per heavy atom. The number of phenolic OH excluding ortho intramolecular Hbond substituents is 1. The summed E-state index contributed by atoms with van der Waals surface area (Å²) in [5, 5.41) is 11.9. The third-order valence-corrected chi connectivity index (χ3v) is 7.11. The summed E-state index contributed by atoms with van der Waals surface area (Å²) in [5.74, 6) is 0.472. The highest BCUT2D eigenvalue weighted by Crippen LogP contribution is 2.39. The molecule has 0 unspecified atom stereocenters. The molecule has 4 aromatic rings. The first-order valence-electron chi connectivity index (χ1n) is 8.84. The van der Waals surface area contributed by atoms with Crippen molar-refractivity contribution in [2.24, 2.45) is 4.99 Å². The van der Waals surface area contributed by atoms with Crippen molar-refractivity contribution in [2.75, 3.05) is 0 Å². The first kappa shape index (κ1) is 21.2. The topological polar surface area (TPSA) is 58.6 Å². The molecule has 152 valence electrons. The van der Waals surface area contributed by atoms with Crippen LogP contribution in [0.1, 0.15) is 16.7 Å². The molecule has 3 aromatic carbocycles. The standard InChI is InChI=1S/C22H14BrCl3N2O2/c1-10-14(21(29)18(23)11(2)19(10)25)9-27-12-6-7-17-16(8-12)28-22(30-17)13-4-3-5-15(24)20(13)26/h3-9,29H,1-2H3. The van der Waals surface area contributed by atoms with E-state index < -0.39 is 0 Å². The van der Waals surface area contributed by atoms with Gasteiger partial charge < -0.3 is 9.52 Å². The molecule has 0 saturated carbocycles. The van der Waals surface area contributed by atoms with Crippen LogP contribution in [0.2, 0.25) is 15.1 Å². The number of oxazole rings is 1. The third kappa shape index (κ3) is 3.71. The van der Waals surface area contributed by atoms with Crippen LogP contribution in [0.15, 0.2) is 50.3 Å². The second-order valence-electron chi connectivity index (χ2n) is 6.67. The monoisotopic (exact) mass is 522 g/mol. The molecule has 0 bridgehead atoms. The van der Waals surface area contributed by atoms with Crippen LogP contribution in [-0.4, -0.2) is 16.3 Å². The van der Waals surface area contributed by atoms with E-state index in [1.54, 1.807) is 42.6 Å². The van der Waals surface area contributed by atoms with Crippen LogP contribution < -0.4 is 0 Å². The SMILES string of the molecule is Cc1c(Cl)c(C)c(C=Nc2ccc3oc(-c4cccc(Cl)c4Cl)nc3c2)c(O)c1Br. The molecule has 0 radical (unpaired) electrons. The Kier molecular flexibility index (Phi) is 5.82. The smallest absolute Gasteiger partial charge is 0.228 e. The van der Waals surface area contributed by atoms with Crippen molar-refractivity contribution in [2.45, 2.75) is 13.8 Å². The highest BCUT2D eigenvalue weighted by Gasteiger charge is 2.16. The van der Waals surface area contributed by atoms with Crippen LogP contribution in [0.5, 0.6) is 5.75 Å². The molecule has 8 heteroatoms. The summed E-state index contributed by atoms with van der Waals surface area (Å²) in [7, 11) is 0. The van der Waals surface area contributed by atoms with Gasteiger partial charge in [-0.3, -0.25) is 4.99 Å². The largest absolute Gasteiger partial charge is 0.506 e. The minimum Gasteiger partial charge on any atom is -0.506 e. The minimum absolute atomic E-state index is 0.0959. The zero-order valence-electron chi connectivity index (χ0n) is 15.8. The van der Waals surface area contributed by atoms with Gasteiger partial charge in [0.15, 0.2) is 5.58 Å². The number of halogens is 4. The van der Waals surface area contributed by atoms with Crippen LogP contribution in [0.3, 0.4) is 0 Å². The molecule has 0 amide bonds. The van der Waals surface area contributed by atoms with E-state index in [9.17, 15) is 5.11 Å². The number of hydrogen-bond donors (Lipinski definition) is 1. The molecule has 1 aromatic heterocycles. The second-order valence-corrected chi connectivity index (χ2v) is 8.63. The number of aromatic nitrogens is 1. The lowest BCUT2D eigenvalue weighted by molar-refractivity contribution is 0.470. The first-order valence-corrected chi connectivity index (χ1v) is 10.8. The van der Waals surface area contributed by atoms with Crippen molar-refractivity contribution in [1.29, 1.82) is 0 Å². The number of hydrogen-bond acceptors (Lipinski definition) is 4. The summed E-state index contributed by atoms with van der Waals surface area (Å²) in [4.78, 5) is 8.99. The van der Waals surface area contributed by atoms with E-state index in [0.29, 0.717) is 53.3 Å². The van der Waals surface area contributed by atoms with Gasteiger partial charge in [-0.15, -0.1) is 0 Å². The van der Waals surface area contributed by atoms with Crippen LogP contribution >= 0.6 is 50.7 Å². The molecule has 0 fully saturated rings. The number of aromatic hydroxyl groups is 1. The molecule has 1 N–H and O–H groups in total.